The fourth-order valence-electron chi connectivity index (χ4n) is 6.67. The molecule has 0 aliphatic heterocycles. The van der Waals surface area contributed by atoms with Crippen LogP contribution in [0.25, 0.3) is 0 Å². The molecule has 1 saturated carbocycles. The number of ether oxygens (including phenoxy) is 2. The van der Waals surface area contributed by atoms with E-state index in [9.17, 15) is 34.4 Å². The van der Waals surface area contributed by atoms with Crippen LogP contribution in [0.2, 0.25) is 0 Å². The van der Waals surface area contributed by atoms with Gasteiger partial charge in [0.1, 0.15) is 6.61 Å². The fraction of sp³-hybridized carbons (Fsp3) is 0.897. The summed E-state index contributed by atoms with van der Waals surface area (Å²) in [5.74, 6) is -1.23. The lowest BCUT2D eigenvalue weighted by atomic mass is 9.88. The molecule has 0 bridgehead atoms. The highest BCUT2D eigenvalue weighted by atomic mass is 31.2. The molecule has 0 amide bonds. The maximum absolute atomic E-state index is 12.6. The average molecular weight is 764 g/mol. The molecule has 6 N–H and O–H groups in total. The van der Waals surface area contributed by atoms with E-state index < -0.39 is 50.8 Å². The van der Waals surface area contributed by atoms with Crippen LogP contribution in [0.1, 0.15) is 162 Å². The molecule has 7 atom stereocenters. The second-order valence-electron chi connectivity index (χ2n) is 14.5. The van der Waals surface area contributed by atoms with Crippen molar-refractivity contribution in [3.63, 3.8) is 0 Å². The molecule has 1 rings (SSSR count). The number of phosphoric ester groups is 1. The van der Waals surface area contributed by atoms with E-state index >= 15 is 0 Å². The predicted octanol–water partition coefficient (Wildman–Crippen LogP) is 7.43. The molecular formula is C39H74NO11P. The minimum atomic E-state index is -4.42. The van der Waals surface area contributed by atoms with E-state index in [4.69, 9.17) is 24.3 Å². The van der Waals surface area contributed by atoms with Crippen molar-refractivity contribution in [2.45, 2.75) is 186 Å². The molecule has 12 nitrogen and oxygen atoms in total. The van der Waals surface area contributed by atoms with Crippen molar-refractivity contribution in [2.75, 3.05) is 26.4 Å². The number of nitrogens with two attached hydrogens (primary N) is 1. The number of aliphatic hydroxyl groups excluding tert-OH is 3. The van der Waals surface area contributed by atoms with Crippen LogP contribution in [0.4, 0.5) is 0 Å². The first kappa shape index (κ1) is 48.6. The minimum Gasteiger partial charge on any atom is -0.462 e. The summed E-state index contributed by atoms with van der Waals surface area (Å²) in [6.45, 7) is 3.38. The Bertz CT molecular complexity index is 984. The minimum absolute atomic E-state index is 0.0245. The molecule has 0 saturated heterocycles. The van der Waals surface area contributed by atoms with E-state index in [0.29, 0.717) is 25.7 Å². The summed E-state index contributed by atoms with van der Waals surface area (Å²) < 4.78 is 32.7. The van der Waals surface area contributed by atoms with Crippen molar-refractivity contribution in [1.29, 1.82) is 0 Å². The number of rotatable bonds is 34. The van der Waals surface area contributed by atoms with E-state index in [2.05, 4.69) is 13.8 Å². The highest BCUT2D eigenvalue weighted by Gasteiger charge is 2.39. The summed E-state index contributed by atoms with van der Waals surface area (Å²) in [7, 11) is -4.42. The van der Waals surface area contributed by atoms with Gasteiger partial charge in [0.15, 0.2) is 6.10 Å². The quantitative estimate of drug-likeness (QED) is 0.0189. The largest absolute Gasteiger partial charge is 0.472 e. The second-order valence-corrected chi connectivity index (χ2v) is 15.9. The Balaban J connectivity index is 2.41. The first-order valence-electron chi connectivity index (χ1n) is 20.4. The maximum Gasteiger partial charge on any atom is 0.472 e. The van der Waals surface area contributed by atoms with Crippen molar-refractivity contribution in [3.05, 3.63) is 12.2 Å². The smallest absolute Gasteiger partial charge is 0.462 e. The molecule has 0 aromatic carbocycles. The average Bonchev–Trinajstić information content (AvgIpc) is 3.38. The molecule has 1 aliphatic carbocycles. The summed E-state index contributed by atoms with van der Waals surface area (Å²) in [5, 5.41) is 31.3. The van der Waals surface area contributed by atoms with Crippen LogP contribution < -0.4 is 5.73 Å². The van der Waals surface area contributed by atoms with E-state index in [1.165, 1.54) is 44.9 Å². The molecule has 13 heteroatoms. The van der Waals surface area contributed by atoms with Crippen LogP contribution in [-0.2, 0) is 32.7 Å². The van der Waals surface area contributed by atoms with Crippen molar-refractivity contribution in [2.24, 2.45) is 17.6 Å². The van der Waals surface area contributed by atoms with Crippen molar-refractivity contribution in [3.8, 4) is 0 Å². The van der Waals surface area contributed by atoms with Crippen LogP contribution in [0, 0.1) is 11.8 Å². The number of hydrogen-bond donors (Lipinski definition) is 5. The Morgan fingerprint density at radius 2 is 1.33 bits per heavy atom. The third kappa shape index (κ3) is 24.8. The van der Waals surface area contributed by atoms with Gasteiger partial charge in [-0.05, 0) is 31.6 Å². The number of carbonyl (C=O) groups is 2. The highest BCUT2D eigenvalue weighted by Crippen LogP contribution is 2.43. The van der Waals surface area contributed by atoms with Crippen LogP contribution in [0.15, 0.2) is 12.2 Å². The van der Waals surface area contributed by atoms with Gasteiger partial charge in [0.05, 0.1) is 31.5 Å². The lowest BCUT2D eigenvalue weighted by Gasteiger charge is -2.21. The zero-order valence-corrected chi connectivity index (χ0v) is 33.3. The Kier molecular flexibility index (Phi) is 28.9. The Hall–Kier alpha value is -1.37. The van der Waals surface area contributed by atoms with Crippen molar-refractivity contribution < 1.29 is 52.9 Å². The van der Waals surface area contributed by atoms with Crippen molar-refractivity contribution >= 4 is 19.8 Å². The zero-order valence-electron chi connectivity index (χ0n) is 32.4. The fourth-order valence-corrected chi connectivity index (χ4v) is 7.44. The molecule has 0 radical (unpaired) electrons. The summed E-state index contributed by atoms with van der Waals surface area (Å²) in [6, 6.07) is 0. The van der Waals surface area contributed by atoms with Crippen LogP contribution in [0.5, 0.6) is 0 Å². The molecule has 0 aromatic rings. The summed E-state index contributed by atoms with van der Waals surface area (Å²) in [4.78, 5) is 34.9. The van der Waals surface area contributed by atoms with Gasteiger partial charge >= 0.3 is 19.8 Å². The van der Waals surface area contributed by atoms with Gasteiger partial charge in [0, 0.05) is 31.7 Å². The lowest BCUT2D eigenvalue weighted by Crippen LogP contribution is -2.29. The molecule has 0 heterocycles. The van der Waals surface area contributed by atoms with E-state index in [1.807, 2.05) is 6.08 Å². The monoisotopic (exact) mass is 763 g/mol. The van der Waals surface area contributed by atoms with Crippen molar-refractivity contribution in [1.82, 2.24) is 0 Å². The van der Waals surface area contributed by atoms with Crippen LogP contribution in [0.3, 0.4) is 0 Å². The Morgan fingerprint density at radius 3 is 1.94 bits per heavy atom. The highest BCUT2D eigenvalue weighted by molar-refractivity contribution is 7.47. The third-order valence-electron chi connectivity index (χ3n) is 9.75. The number of hydrogen-bond acceptors (Lipinski definition) is 11. The van der Waals surface area contributed by atoms with Gasteiger partial charge in [-0.25, -0.2) is 4.57 Å². The van der Waals surface area contributed by atoms with Gasteiger partial charge in [0.25, 0.3) is 0 Å². The standard InChI is InChI=1S/C39H74NO11P/c1-3-5-7-8-9-10-11-12-13-14-20-24-39(45)51-33(31-50-52(46,47)49-28-27-40)30-48-38(44)23-19-16-15-18-22-34-35(37(43)29-36(34)42)26-25-32(41)21-17-6-4-2/h25-26,32-37,41-43H,3-24,27-31,40H2,1-2H3,(H,46,47)/b26-25+/t32-,33+,34+,35+,36-,37+/m0/s1. The Morgan fingerprint density at radius 1 is 0.769 bits per heavy atom. The topological polar surface area (TPSA) is 195 Å². The SMILES string of the molecule is CCCCCCCCCCCCCC(=O)O[C@H](COC(=O)CCCCCC[C@@H]1[C@@H](/C=C/[C@@H](O)CCCCC)[C@H](O)C[C@@H]1O)COP(=O)(O)OCCN. The van der Waals surface area contributed by atoms with E-state index in [1.54, 1.807) is 6.08 Å². The zero-order chi connectivity index (χ0) is 38.5. The maximum atomic E-state index is 12.6. The van der Waals surface area contributed by atoms with Gasteiger partial charge in [-0.15, -0.1) is 0 Å². The second kappa shape index (κ2) is 30.9. The molecule has 52 heavy (non-hydrogen) atoms. The molecule has 1 aliphatic rings. The lowest BCUT2D eigenvalue weighted by molar-refractivity contribution is -0.161. The van der Waals surface area contributed by atoms with Crippen LogP contribution in [-0.4, -0.2) is 82.9 Å². The van der Waals surface area contributed by atoms with Crippen LogP contribution >= 0.6 is 7.82 Å². The Labute approximate surface area is 314 Å². The van der Waals surface area contributed by atoms with E-state index in [-0.39, 0.29) is 44.4 Å². The number of aliphatic hydroxyl groups is 3. The molecule has 0 spiro atoms. The number of esters is 2. The molecule has 306 valence electrons. The summed E-state index contributed by atoms with van der Waals surface area (Å²) in [6.07, 6.45) is 21.7. The van der Waals surface area contributed by atoms with Gasteiger partial charge in [0.2, 0.25) is 0 Å². The van der Waals surface area contributed by atoms with Gasteiger partial charge in [-0.2, -0.15) is 0 Å². The van der Waals surface area contributed by atoms with Gasteiger partial charge in [-0.1, -0.05) is 129 Å². The first-order chi connectivity index (χ1) is 25.0. The predicted molar refractivity (Wildman–Crippen MR) is 203 cm³/mol. The first-order valence-corrected chi connectivity index (χ1v) is 21.9. The molecule has 0 aromatic heterocycles. The van der Waals surface area contributed by atoms with Gasteiger partial charge < -0.3 is 35.4 Å². The number of unbranched alkanes of at least 4 members (excludes halogenated alkanes) is 15. The molecule has 1 fully saturated rings. The number of phosphoric acid groups is 1. The summed E-state index contributed by atoms with van der Waals surface area (Å²) >= 11 is 0. The van der Waals surface area contributed by atoms with Gasteiger partial charge in [-0.3, -0.25) is 18.6 Å². The molecule has 1 unspecified atom stereocenters. The van der Waals surface area contributed by atoms with E-state index in [0.717, 1.165) is 64.2 Å². The summed E-state index contributed by atoms with van der Waals surface area (Å²) in [5.41, 5.74) is 5.33. The number of carbonyl (C=O) groups excluding carboxylic acids is 2. The third-order valence-corrected chi connectivity index (χ3v) is 10.7. The normalized spacial score (nSPS) is 21.3. The molecular weight excluding hydrogens is 689 g/mol.